The highest BCUT2D eigenvalue weighted by atomic mass is 35.5. The van der Waals surface area contributed by atoms with Gasteiger partial charge in [0.1, 0.15) is 12.4 Å². The molecule has 1 N–H and O–H groups in total. The maximum atomic E-state index is 12.3. The van der Waals surface area contributed by atoms with Crippen LogP contribution in [0.2, 0.25) is 5.02 Å². The molecule has 3 heterocycles. The Morgan fingerprint density at radius 1 is 1.24 bits per heavy atom. The number of amides is 1. The lowest BCUT2D eigenvalue weighted by molar-refractivity contribution is 0.0944. The van der Waals surface area contributed by atoms with Crippen LogP contribution in [0.3, 0.4) is 0 Å². The molecule has 25 heavy (non-hydrogen) atoms. The maximum absolute atomic E-state index is 12.3. The van der Waals surface area contributed by atoms with E-state index in [1.165, 1.54) is 0 Å². The summed E-state index contributed by atoms with van der Waals surface area (Å²) in [6.45, 7) is 7.33. The minimum atomic E-state index is -0.228. The van der Waals surface area contributed by atoms with Crippen molar-refractivity contribution >= 4 is 17.5 Å². The zero-order valence-electron chi connectivity index (χ0n) is 14.4. The summed E-state index contributed by atoms with van der Waals surface area (Å²) in [5, 5.41) is 16.4. The number of carbonyl (C=O) groups is 1. The van der Waals surface area contributed by atoms with Crippen LogP contribution >= 0.6 is 11.6 Å². The van der Waals surface area contributed by atoms with Crippen LogP contribution < -0.4 is 5.32 Å². The number of halogens is 1. The quantitative estimate of drug-likeness (QED) is 0.728. The molecule has 0 radical (unpaired) electrons. The predicted molar refractivity (Wildman–Crippen MR) is 93.4 cm³/mol. The second-order valence-electron chi connectivity index (χ2n) is 5.69. The number of aryl methyl sites for hydroxylation is 2. The van der Waals surface area contributed by atoms with Crippen molar-refractivity contribution < 1.29 is 4.79 Å². The van der Waals surface area contributed by atoms with Gasteiger partial charge in [-0.05, 0) is 32.9 Å². The van der Waals surface area contributed by atoms with E-state index < -0.39 is 0 Å². The Morgan fingerprint density at radius 2 is 2.04 bits per heavy atom. The van der Waals surface area contributed by atoms with Gasteiger partial charge >= 0.3 is 0 Å². The number of hydrogen-bond acceptors (Lipinski definition) is 4. The lowest BCUT2D eigenvalue weighted by Crippen LogP contribution is -2.25. The molecule has 0 aliphatic carbocycles. The summed E-state index contributed by atoms with van der Waals surface area (Å²) in [4.78, 5) is 12.3. The normalized spacial score (nSPS) is 11.0. The molecule has 3 aromatic heterocycles. The molecular weight excluding hydrogens is 342 g/mol. The molecule has 0 spiro atoms. The minimum Gasteiger partial charge on any atom is -0.345 e. The third kappa shape index (κ3) is 3.58. The fraction of sp³-hybridized carbons (Fsp3) is 0.375. The predicted octanol–water partition coefficient (Wildman–Crippen LogP) is 2.00. The van der Waals surface area contributed by atoms with Gasteiger partial charge < -0.3 is 5.32 Å². The van der Waals surface area contributed by atoms with Crippen molar-refractivity contribution in [2.45, 2.75) is 40.5 Å². The molecule has 0 fully saturated rings. The highest BCUT2D eigenvalue weighted by Crippen LogP contribution is 2.18. The van der Waals surface area contributed by atoms with E-state index in [0.717, 1.165) is 23.6 Å². The van der Waals surface area contributed by atoms with Gasteiger partial charge in [0, 0.05) is 18.9 Å². The van der Waals surface area contributed by atoms with Crippen molar-refractivity contribution in [3.8, 4) is 0 Å². The van der Waals surface area contributed by atoms with E-state index in [1.54, 1.807) is 27.8 Å². The van der Waals surface area contributed by atoms with Crippen LogP contribution in [-0.4, -0.2) is 35.2 Å². The molecule has 9 heteroatoms. The van der Waals surface area contributed by atoms with Crippen molar-refractivity contribution in [2.24, 2.45) is 0 Å². The number of nitrogens with one attached hydrogen (secondary N) is 1. The van der Waals surface area contributed by atoms with Crippen molar-refractivity contribution in [1.82, 2.24) is 34.7 Å². The van der Waals surface area contributed by atoms with Crippen LogP contribution in [0.5, 0.6) is 0 Å². The van der Waals surface area contributed by atoms with Crippen LogP contribution in [0.15, 0.2) is 24.5 Å². The van der Waals surface area contributed by atoms with Crippen LogP contribution in [0.4, 0.5) is 0 Å². The van der Waals surface area contributed by atoms with E-state index in [4.69, 9.17) is 11.6 Å². The molecule has 0 aromatic carbocycles. The second kappa shape index (κ2) is 7.10. The minimum absolute atomic E-state index is 0.228. The number of hydrogen-bond donors (Lipinski definition) is 1. The zero-order valence-corrected chi connectivity index (χ0v) is 15.2. The molecule has 0 saturated heterocycles. The number of nitrogens with zero attached hydrogens (tertiary/aromatic N) is 6. The van der Waals surface area contributed by atoms with E-state index >= 15 is 0 Å². The molecule has 3 rings (SSSR count). The first-order valence-electron chi connectivity index (χ1n) is 8.01. The highest BCUT2D eigenvalue weighted by Gasteiger charge is 2.13. The van der Waals surface area contributed by atoms with Gasteiger partial charge in [0.25, 0.3) is 5.91 Å². The standard InChI is InChI=1S/C16H20ClN7O/c1-4-23-13(5-7-19-23)9-18-16(25)14-6-8-22(21-14)10-24-12(3)15(17)11(2)20-24/h5-8H,4,9-10H2,1-3H3,(H,18,25). The van der Waals surface area contributed by atoms with Gasteiger partial charge in [-0.1, -0.05) is 11.6 Å². The van der Waals surface area contributed by atoms with Crippen molar-refractivity contribution in [3.05, 3.63) is 52.3 Å². The smallest absolute Gasteiger partial charge is 0.272 e. The lowest BCUT2D eigenvalue weighted by atomic mass is 10.3. The maximum Gasteiger partial charge on any atom is 0.272 e. The molecule has 132 valence electrons. The van der Waals surface area contributed by atoms with Crippen molar-refractivity contribution in [2.75, 3.05) is 0 Å². The monoisotopic (exact) mass is 361 g/mol. The fourth-order valence-electron chi connectivity index (χ4n) is 2.57. The third-order valence-corrected chi connectivity index (χ3v) is 4.53. The molecule has 1 amide bonds. The number of aromatic nitrogens is 6. The summed E-state index contributed by atoms with van der Waals surface area (Å²) in [5.41, 5.74) is 2.95. The Hall–Kier alpha value is -2.61. The summed E-state index contributed by atoms with van der Waals surface area (Å²) in [6, 6.07) is 3.56. The van der Waals surface area contributed by atoms with E-state index in [1.807, 2.05) is 31.5 Å². The molecule has 0 bridgehead atoms. The molecule has 3 aromatic rings. The third-order valence-electron chi connectivity index (χ3n) is 3.98. The lowest BCUT2D eigenvalue weighted by Gasteiger charge is -2.06. The highest BCUT2D eigenvalue weighted by molar-refractivity contribution is 6.31. The Labute approximate surface area is 150 Å². The van der Waals surface area contributed by atoms with Crippen molar-refractivity contribution in [1.29, 1.82) is 0 Å². The molecule has 0 atom stereocenters. The summed E-state index contributed by atoms with van der Waals surface area (Å²) in [7, 11) is 0. The van der Waals surface area contributed by atoms with Gasteiger partial charge in [-0.15, -0.1) is 0 Å². The van der Waals surface area contributed by atoms with Gasteiger partial charge in [-0.3, -0.25) is 14.2 Å². The van der Waals surface area contributed by atoms with E-state index in [-0.39, 0.29) is 5.91 Å². The van der Waals surface area contributed by atoms with Gasteiger partial charge in [0.05, 0.1) is 28.6 Å². The number of carbonyl (C=O) groups excluding carboxylic acids is 1. The first kappa shape index (κ1) is 17.2. The molecule has 0 aliphatic heterocycles. The second-order valence-corrected chi connectivity index (χ2v) is 6.07. The summed E-state index contributed by atoms with van der Waals surface area (Å²) in [6.07, 6.45) is 3.47. The summed E-state index contributed by atoms with van der Waals surface area (Å²) >= 11 is 6.15. The Balaban J connectivity index is 1.64. The average Bonchev–Trinajstić information content (AvgIpc) is 3.30. The fourth-order valence-corrected chi connectivity index (χ4v) is 2.70. The van der Waals surface area contributed by atoms with E-state index in [0.29, 0.717) is 23.9 Å². The van der Waals surface area contributed by atoms with Crippen LogP contribution in [0, 0.1) is 13.8 Å². The van der Waals surface area contributed by atoms with Gasteiger partial charge in [-0.2, -0.15) is 15.3 Å². The molecule has 0 aliphatic rings. The first-order chi connectivity index (χ1) is 12.0. The van der Waals surface area contributed by atoms with Gasteiger partial charge in [-0.25, -0.2) is 4.68 Å². The van der Waals surface area contributed by atoms with Gasteiger partial charge in [0.2, 0.25) is 0 Å². The first-order valence-corrected chi connectivity index (χ1v) is 8.39. The molecule has 8 nitrogen and oxygen atoms in total. The SMILES string of the molecule is CCn1nccc1CNC(=O)c1ccn(Cn2nc(C)c(Cl)c2C)n1. The zero-order chi connectivity index (χ0) is 18.0. The Morgan fingerprint density at radius 3 is 2.72 bits per heavy atom. The summed E-state index contributed by atoms with van der Waals surface area (Å²) in [5.74, 6) is -0.228. The van der Waals surface area contributed by atoms with Crippen molar-refractivity contribution in [3.63, 3.8) is 0 Å². The summed E-state index contributed by atoms with van der Waals surface area (Å²) < 4.78 is 5.25. The number of rotatable bonds is 6. The van der Waals surface area contributed by atoms with E-state index in [9.17, 15) is 4.79 Å². The molecule has 0 unspecified atom stereocenters. The van der Waals surface area contributed by atoms with Crippen LogP contribution in [-0.2, 0) is 19.8 Å². The largest absolute Gasteiger partial charge is 0.345 e. The van der Waals surface area contributed by atoms with E-state index in [2.05, 4.69) is 20.6 Å². The Bertz CT molecular complexity index is 892. The van der Waals surface area contributed by atoms with Crippen LogP contribution in [0.25, 0.3) is 0 Å². The van der Waals surface area contributed by atoms with Crippen LogP contribution in [0.1, 0.15) is 34.5 Å². The molecular formula is C16H20ClN7O. The topological polar surface area (TPSA) is 82.6 Å². The molecule has 0 saturated carbocycles. The average molecular weight is 362 g/mol. The van der Waals surface area contributed by atoms with Gasteiger partial charge in [0.15, 0.2) is 0 Å². The Kier molecular flexibility index (Phi) is 4.89.